The Balaban J connectivity index is 0.940. The first kappa shape index (κ1) is 28.3. The quantitative estimate of drug-likeness (QED) is 0.216. The van der Waals surface area contributed by atoms with Crippen molar-refractivity contribution in [1.29, 1.82) is 0 Å². The normalized spacial score (nSPS) is 15.7. The molecule has 206 valence electrons. The Bertz CT molecular complexity index is 1060. The van der Waals surface area contributed by atoms with E-state index in [9.17, 15) is 9.59 Å². The third-order valence-corrected chi connectivity index (χ3v) is 6.54. The van der Waals surface area contributed by atoms with Crippen LogP contribution in [0.25, 0.3) is 5.57 Å². The number of likely N-dealkylation sites (N-methyl/N-ethyl adjacent to an activating group) is 1. The number of benzene rings is 1. The van der Waals surface area contributed by atoms with Crippen LogP contribution in [0, 0.1) is 0 Å². The number of nitrogens with zero attached hydrogens (tertiary/aromatic N) is 4. The van der Waals surface area contributed by atoms with Crippen LogP contribution in [-0.2, 0) is 18.9 Å². The second-order valence-corrected chi connectivity index (χ2v) is 9.31. The molecule has 2 aliphatic heterocycles. The Morgan fingerprint density at radius 2 is 1.39 bits per heavy atom. The summed E-state index contributed by atoms with van der Waals surface area (Å²) in [6, 6.07) is 6.83. The molecule has 1 aromatic carbocycles. The smallest absolute Gasteiger partial charge is 0.261 e. The number of carbonyl (C=O) groups is 2. The zero-order chi connectivity index (χ0) is 26.6. The van der Waals surface area contributed by atoms with Crippen LogP contribution >= 0.6 is 11.7 Å². The maximum Gasteiger partial charge on any atom is 0.261 e. The molecule has 0 saturated carbocycles. The number of hydrogen-bond donors (Lipinski definition) is 0. The third-order valence-electron chi connectivity index (χ3n) is 6.02. The highest BCUT2D eigenvalue weighted by molar-refractivity contribution is 6.99. The summed E-state index contributed by atoms with van der Waals surface area (Å²) in [7, 11) is 2.09. The van der Waals surface area contributed by atoms with Gasteiger partial charge < -0.3 is 28.6 Å². The third kappa shape index (κ3) is 7.88. The van der Waals surface area contributed by atoms with Gasteiger partial charge in [-0.05, 0) is 31.2 Å². The summed E-state index contributed by atoms with van der Waals surface area (Å²) >= 11 is 1.16. The van der Waals surface area contributed by atoms with E-state index in [0.717, 1.165) is 42.5 Å². The van der Waals surface area contributed by atoms with E-state index < -0.39 is 0 Å². The molecule has 1 aromatic heterocycles. The number of rotatable bonds is 17. The van der Waals surface area contributed by atoms with Gasteiger partial charge in [0, 0.05) is 13.1 Å². The van der Waals surface area contributed by atoms with Crippen molar-refractivity contribution < 1.29 is 33.3 Å². The van der Waals surface area contributed by atoms with Crippen molar-refractivity contribution in [2.45, 2.75) is 6.42 Å². The molecule has 0 spiro atoms. The summed E-state index contributed by atoms with van der Waals surface area (Å²) < 4.78 is 36.4. The van der Waals surface area contributed by atoms with Gasteiger partial charge in [-0.15, -0.1) is 4.37 Å². The minimum Gasteiger partial charge on any atom is -0.473 e. The molecule has 2 amide bonds. The Hall–Kier alpha value is -2.74. The highest BCUT2D eigenvalue weighted by Crippen LogP contribution is 2.27. The molecule has 11 nitrogen and oxygen atoms in total. The molecule has 0 bridgehead atoms. The maximum absolute atomic E-state index is 12.3. The van der Waals surface area contributed by atoms with E-state index in [1.165, 1.54) is 4.90 Å². The predicted octanol–water partition coefficient (Wildman–Crippen LogP) is 2.00. The lowest BCUT2D eigenvalue weighted by atomic mass is 10.1. The number of carbonyl (C=O) groups excluding carboxylic acids is 2. The molecule has 0 radical (unpaired) electrons. The largest absolute Gasteiger partial charge is 0.473 e. The van der Waals surface area contributed by atoms with Crippen molar-refractivity contribution >= 4 is 29.1 Å². The molecule has 0 fully saturated rings. The molecule has 0 N–H and O–H groups in total. The van der Waals surface area contributed by atoms with E-state index in [4.69, 9.17) is 23.7 Å². The van der Waals surface area contributed by atoms with Gasteiger partial charge in [0.2, 0.25) is 0 Å². The molecule has 3 heterocycles. The monoisotopic (exact) mass is 546 g/mol. The van der Waals surface area contributed by atoms with Gasteiger partial charge in [0.15, 0.2) is 0 Å². The fourth-order valence-corrected chi connectivity index (χ4v) is 4.62. The predicted molar refractivity (Wildman–Crippen MR) is 141 cm³/mol. The summed E-state index contributed by atoms with van der Waals surface area (Å²) in [5.41, 5.74) is 2.88. The number of amides is 2. The van der Waals surface area contributed by atoms with Crippen LogP contribution < -0.4 is 4.74 Å². The molecular formula is C26H34N4O7S. The fraction of sp³-hybridized carbons (Fsp3) is 0.538. The summed E-state index contributed by atoms with van der Waals surface area (Å²) in [5.74, 6) is 0.0256. The minimum absolute atomic E-state index is 0.220. The van der Waals surface area contributed by atoms with Crippen molar-refractivity contribution in [3.05, 3.63) is 47.2 Å². The van der Waals surface area contributed by atoms with E-state index in [0.29, 0.717) is 69.9 Å². The van der Waals surface area contributed by atoms with Crippen LogP contribution in [0.15, 0.2) is 30.3 Å². The van der Waals surface area contributed by atoms with Gasteiger partial charge in [-0.25, -0.2) is 0 Å². The van der Waals surface area contributed by atoms with Crippen molar-refractivity contribution in [1.82, 2.24) is 18.5 Å². The Morgan fingerprint density at radius 3 is 2.00 bits per heavy atom. The van der Waals surface area contributed by atoms with Gasteiger partial charge in [-0.1, -0.05) is 18.2 Å². The molecule has 0 unspecified atom stereocenters. The first-order valence-electron chi connectivity index (χ1n) is 12.7. The van der Waals surface area contributed by atoms with Crippen molar-refractivity contribution in [2.24, 2.45) is 0 Å². The second kappa shape index (κ2) is 15.0. The van der Waals surface area contributed by atoms with E-state index in [2.05, 4.69) is 26.8 Å². The summed E-state index contributed by atoms with van der Waals surface area (Å²) in [6.45, 7) is 5.82. The zero-order valence-electron chi connectivity index (χ0n) is 21.6. The zero-order valence-corrected chi connectivity index (χ0v) is 22.5. The molecule has 2 aliphatic rings. The highest BCUT2D eigenvalue weighted by Gasteiger charge is 2.34. The second-order valence-electron chi connectivity index (χ2n) is 8.78. The van der Waals surface area contributed by atoms with E-state index in [-0.39, 0.29) is 25.0 Å². The Kier molecular flexibility index (Phi) is 11.2. The Morgan fingerprint density at radius 1 is 0.816 bits per heavy atom. The summed E-state index contributed by atoms with van der Waals surface area (Å²) in [6.07, 6.45) is 3.21. The van der Waals surface area contributed by atoms with Crippen LogP contribution in [0.3, 0.4) is 0 Å². The fourth-order valence-electron chi connectivity index (χ4n) is 4.09. The number of hydrogen-bond acceptors (Lipinski definition) is 11. The van der Waals surface area contributed by atoms with E-state index in [1.807, 2.05) is 0 Å². The van der Waals surface area contributed by atoms with E-state index >= 15 is 0 Å². The molecule has 0 saturated heterocycles. The number of fused-ring (bicyclic) bond motifs is 1. The first-order chi connectivity index (χ1) is 18.6. The number of aromatic nitrogens is 2. The van der Waals surface area contributed by atoms with Crippen molar-refractivity contribution in [2.75, 3.05) is 86.1 Å². The lowest BCUT2D eigenvalue weighted by molar-refractivity contribution is -0.00588. The highest BCUT2D eigenvalue weighted by atomic mass is 32.1. The molecule has 12 heteroatoms. The average molecular weight is 547 g/mol. The van der Waals surface area contributed by atoms with Gasteiger partial charge in [0.05, 0.1) is 82.3 Å². The summed E-state index contributed by atoms with van der Waals surface area (Å²) in [5, 5.41) is 0. The van der Waals surface area contributed by atoms with Gasteiger partial charge in [0.1, 0.15) is 12.3 Å². The van der Waals surface area contributed by atoms with Crippen LogP contribution in [0.5, 0.6) is 5.88 Å². The lowest BCUT2D eigenvalue weighted by Crippen LogP contribution is -2.33. The van der Waals surface area contributed by atoms with Crippen LogP contribution in [-0.4, -0.2) is 117 Å². The topological polar surface area (TPSA) is 113 Å². The standard InChI is InChI=1S/C26H34N4O7S/c1-29-8-4-5-20(19-29)23-24(28-38-27-23)37-18-17-36-16-15-35-14-13-34-12-11-33-10-9-30-25(31)21-6-2-3-7-22(21)26(30)32/h2-3,5-7H,4,8-19H2,1H3. The molecule has 0 atom stereocenters. The van der Waals surface area contributed by atoms with E-state index in [1.54, 1.807) is 24.3 Å². The average Bonchev–Trinajstić information content (AvgIpc) is 3.49. The van der Waals surface area contributed by atoms with Gasteiger partial charge >= 0.3 is 0 Å². The van der Waals surface area contributed by atoms with Crippen molar-refractivity contribution in [3.8, 4) is 5.88 Å². The molecule has 4 rings (SSSR count). The summed E-state index contributed by atoms with van der Waals surface area (Å²) in [4.78, 5) is 28.0. The minimum atomic E-state index is -0.272. The Labute approximate surface area is 226 Å². The maximum atomic E-state index is 12.3. The lowest BCUT2D eigenvalue weighted by Gasteiger charge is -2.22. The number of ether oxygens (including phenoxy) is 5. The van der Waals surface area contributed by atoms with Crippen LogP contribution in [0.4, 0.5) is 0 Å². The SMILES string of the molecule is CN1CCC=C(c2nsnc2OCCOCCOCCOCCOCCN2C(=O)c3ccccc3C2=O)C1. The first-order valence-corrected chi connectivity index (χ1v) is 13.5. The van der Waals surface area contributed by atoms with Gasteiger partial charge in [-0.3, -0.25) is 14.5 Å². The number of imide groups is 1. The van der Waals surface area contributed by atoms with Gasteiger partial charge in [0.25, 0.3) is 17.7 Å². The van der Waals surface area contributed by atoms with Gasteiger partial charge in [-0.2, -0.15) is 4.37 Å². The van der Waals surface area contributed by atoms with Crippen molar-refractivity contribution in [3.63, 3.8) is 0 Å². The molecular weight excluding hydrogens is 512 g/mol. The van der Waals surface area contributed by atoms with Crippen LogP contribution in [0.1, 0.15) is 32.8 Å². The molecule has 38 heavy (non-hydrogen) atoms. The molecule has 2 aromatic rings. The van der Waals surface area contributed by atoms with Crippen LogP contribution in [0.2, 0.25) is 0 Å². The molecule has 0 aliphatic carbocycles.